The molecule has 0 radical (unpaired) electrons. The minimum atomic E-state index is -0.386. The van der Waals surface area contributed by atoms with Crippen molar-refractivity contribution in [2.75, 3.05) is 27.3 Å². The monoisotopic (exact) mass is 381 g/mol. The molecule has 5 nitrogen and oxygen atoms in total. The molecular formula is C22H39NO4. The molecule has 2 N–H and O–H groups in total. The van der Waals surface area contributed by atoms with Gasteiger partial charge in [-0.2, -0.15) is 0 Å². The molecule has 0 heterocycles. The molecule has 2 unspecified atom stereocenters. The van der Waals surface area contributed by atoms with E-state index in [2.05, 4.69) is 13.0 Å². The molecule has 156 valence electrons. The van der Waals surface area contributed by atoms with Crippen molar-refractivity contribution in [3.63, 3.8) is 0 Å². The van der Waals surface area contributed by atoms with Crippen LogP contribution in [0, 0.1) is 23.7 Å². The third-order valence-electron chi connectivity index (χ3n) is 6.38. The zero-order chi connectivity index (χ0) is 19.8. The number of carbonyl (C=O) groups excluding carboxylic acids is 1. The Morgan fingerprint density at radius 2 is 2.04 bits per heavy atom. The molecule has 2 fully saturated rings. The van der Waals surface area contributed by atoms with E-state index in [0.717, 1.165) is 51.4 Å². The van der Waals surface area contributed by atoms with Gasteiger partial charge in [0.1, 0.15) is 6.61 Å². The number of nitrogens with zero attached hydrogens (tertiary/aromatic N) is 1. The number of amides is 1. The molecule has 1 amide bonds. The fraction of sp³-hybridized carbons (Fsp3) is 0.864. The summed E-state index contributed by atoms with van der Waals surface area (Å²) >= 11 is 0. The number of hydrogen-bond acceptors (Lipinski definition) is 4. The molecule has 0 aromatic heterocycles. The average Bonchev–Trinajstić information content (AvgIpc) is 3.13. The average molecular weight is 382 g/mol. The molecule has 0 aromatic carbocycles. The van der Waals surface area contributed by atoms with Gasteiger partial charge in [-0.1, -0.05) is 38.3 Å². The predicted octanol–water partition coefficient (Wildman–Crippen LogP) is 3.00. The number of fused-ring (bicyclic) bond motifs is 1. The van der Waals surface area contributed by atoms with Crippen LogP contribution in [0.15, 0.2) is 12.2 Å². The standard InChI is InChI=1S/C22H39NO4/c1-4-5-6-7-18(24)8-9-19-20-13-16(12-17(20)14-21(19)25)10-11-27-15-22(26)23(2)3/h8-9,16-21,24-25H,4-7,10-15H2,1-3H3/t16?,17-,18?,19-,20+,21-/m0/s1. The van der Waals surface area contributed by atoms with E-state index in [1.54, 1.807) is 19.0 Å². The number of likely N-dealkylation sites (N-methyl/N-ethyl adjacent to an activating group) is 1. The first-order valence-electron chi connectivity index (χ1n) is 10.7. The van der Waals surface area contributed by atoms with Gasteiger partial charge in [0.25, 0.3) is 0 Å². The van der Waals surface area contributed by atoms with Crippen molar-refractivity contribution in [3.05, 3.63) is 12.2 Å². The van der Waals surface area contributed by atoms with Crippen molar-refractivity contribution in [3.8, 4) is 0 Å². The van der Waals surface area contributed by atoms with Gasteiger partial charge in [0.15, 0.2) is 0 Å². The highest BCUT2D eigenvalue weighted by Gasteiger charge is 2.46. The van der Waals surface area contributed by atoms with Crippen molar-refractivity contribution in [1.29, 1.82) is 0 Å². The highest BCUT2D eigenvalue weighted by Crippen LogP contribution is 2.51. The highest BCUT2D eigenvalue weighted by atomic mass is 16.5. The van der Waals surface area contributed by atoms with Crippen LogP contribution in [0.3, 0.4) is 0 Å². The van der Waals surface area contributed by atoms with E-state index in [0.29, 0.717) is 24.4 Å². The van der Waals surface area contributed by atoms with Crippen molar-refractivity contribution in [2.45, 2.75) is 70.5 Å². The summed E-state index contributed by atoms with van der Waals surface area (Å²) in [6.07, 6.45) is 11.7. The maximum atomic E-state index is 11.5. The van der Waals surface area contributed by atoms with Crippen molar-refractivity contribution >= 4 is 5.91 Å². The maximum absolute atomic E-state index is 11.5. The van der Waals surface area contributed by atoms with Gasteiger partial charge in [0.2, 0.25) is 5.91 Å². The Morgan fingerprint density at radius 3 is 2.74 bits per heavy atom. The first-order chi connectivity index (χ1) is 12.9. The molecule has 27 heavy (non-hydrogen) atoms. The maximum Gasteiger partial charge on any atom is 0.248 e. The topological polar surface area (TPSA) is 70.0 Å². The Labute approximate surface area is 164 Å². The molecule has 2 aliphatic rings. The van der Waals surface area contributed by atoms with Gasteiger partial charge < -0.3 is 19.8 Å². The van der Waals surface area contributed by atoms with Gasteiger partial charge in [0, 0.05) is 26.6 Å². The quantitative estimate of drug-likeness (QED) is 0.426. The lowest BCUT2D eigenvalue weighted by molar-refractivity contribution is -0.133. The molecule has 2 rings (SSSR count). The molecule has 2 aliphatic carbocycles. The first-order valence-corrected chi connectivity index (χ1v) is 10.7. The smallest absolute Gasteiger partial charge is 0.248 e. The normalized spacial score (nSPS) is 31.4. The SMILES string of the molecule is CCCCCC(O)C=C[C@H]1[C@@H]2CC(CCOCC(=O)N(C)C)C[C@H]2C[C@@H]1O. The van der Waals surface area contributed by atoms with Gasteiger partial charge in [0.05, 0.1) is 12.2 Å². The Bertz CT molecular complexity index is 479. The summed E-state index contributed by atoms with van der Waals surface area (Å²) in [5, 5.41) is 20.6. The predicted molar refractivity (Wildman–Crippen MR) is 107 cm³/mol. The molecule has 0 aromatic rings. The summed E-state index contributed by atoms with van der Waals surface area (Å²) in [4.78, 5) is 13.1. The summed E-state index contributed by atoms with van der Waals surface area (Å²) in [5.74, 6) is 1.90. The van der Waals surface area contributed by atoms with E-state index in [-0.39, 0.29) is 30.6 Å². The second kappa shape index (κ2) is 11.2. The van der Waals surface area contributed by atoms with E-state index in [1.807, 2.05) is 6.08 Å². The second-order valence-corrected chi connectivity index (χ2v) is 8.72. The van der Waals surface area contributed by atoms with Gasteiger partial charge in [-0.25, -0.2) is 0 Å². The molecule has 0 saturated heterocycles. The van der Waals surface area contributed by atoms with E-state index >= 15 is 0 Å². The minimum Gasteiger partial charge on any atom is -0.392 e. The van der Waals surface area contributed by atoms with Crippen LogP contribution in [-0.4, -0.2) is 60.5 Å². The van der Waals surface area contributed by atoms with E-state index in [1.165, 1.54) is 0 Å². The van der Waals surface area contributed by atoms with Crippen LogP contribution in [0.1, 0.15) is 58.3 Å². The molecule has 5 heteroatoms. The number of hydrogen-bond donors (Lipinski definition) is 2. The summed E-state index contributed by atoms with van der Waals surface area (Å²) < 4.78 is 5.53. The van der Waals surface area contributed by atoms with E-state index in [9.17, 15) is 15.0 Å². The van der Waals surface area contributed by atoms with Crippen molar-refractivity contribution in [2.24, 2.45) is 23.7 Å². The molecule has 0 bridgehead atoms. The molecule has 0 spiro atoms. The van der Waals surface area contributed by atoms with Gasteiger partial charge in [-0.05, 0) is 49.9 Å². The van der Waals surface area contributed by atoms with Crippen LogP contribution in [0.4, 0.5) is 0 Å². The van der Waals surface area contributed by atoms with E-state index in [4.69, 9.17) is 4.74 Å². The van der Waals surface area contributed by atoms with Gasteiger partial charge in [-0.3, -0.25) is 4.79 Å². The van der Waals surface area contributed by atoms with Crippen molar-refractivity contribution in [1.82, 2.24) is 4.90 Å². The second-order valence-electron chi connectivity index (χ2n) is 8.72. The fourth-order valence-electron chi connectivity index (χ4n) is 4.77. The lowest BCUT2D eigenvalue weighted by Crippen LogP contribution is -2.26. The van der Waals surface area contributed by atoms with Crippen LogP contribution >= 0.6 is 0 Å². The Balaban J connectivity index is 1.73. The van der Waals surface area contributed by atoms with E-state index < -0.39 is 0 Å². The largest absolute Gasteiger partial charge is 0.392 e. The zero-order valence-electron chi connectivity index (χ0n) is 17.3. The number of ether oxygens (including phenoxy) is 1. The number of carbonyl (C=O) groups is 1. The van der Waals surface area contributed by atoms with Crippen LogP contribution in [0.2, 0.25) is 0 Å². The summed E-state index contributed by atoms with van der Waals surface area (Å²) in [6, 6.07) is 0. The van der Waals surface area contributed by atoms with Crippen LogP contribution in [0.25, 0.3) is 0 Å². The van der Waals surface area contributed by atoms with Crippen molar-refractivity contribution < 1.29 is 19.7 Å². The molecule has 2 saturated carbocycles. The van der Waals surface area contributed by atoms with Gasteiger partial charge >= 0.3 is 0 Å². The number of aliphatic hydroxyl groups is 2. The third-order valence-corrected chi connectivity index (χ3v) is 6.38. The lowest BCUT2D eigenvalue weighted by Gasteiger charge is -2.19. The highest BCUT2D eigenvalue weighted by molar-refractivity contribution is 5.76. The Kier molecular flexibility index (Phi) is 9.27. The summed E-state index contributed by atoms with van der Waals surface area (Å²) in [5.41, 5.74) is 0. The molecule has 0 aliphatic heterocycles. The van der Waals surface area contributed by atoms with Crippen LogP contribution in [0.5, 0.6) is 0 Å². The Hall–Kier alpha value is -0.910. The summed E-state index contributed by atoms with van der Waals surface area (Å²) in [6.45, 7) is 2.95. The lowest BCUT2D eigenvalue weighted by atomic mass is 9.89. The van der Waals surface area contributed by atoms with Crippen LogP contribution < -0.4 is 0 Å². The zero-order valence-corrected chi connectivity index (χ0v) is 17.3. The van der Waals surface area contributed by atoms with Crippen LogP contribution in [-0.2, 0) is 9.53 Å². The Morgan fingerprint density at radius 1 is 1.26 bits per heavy atom. The third kappa shape index (κ3) is 6.88. The summed E-state index contributed by atoms with van der Waals surface area (Å²) in [7, 11) is 3.48. The molecular weight excluding hydrogens is 342 g/mol. The molecule has 6 atom stereocenters. The fourth-order valence-corrected chi connectivity index (χ4v) is 4.77. The minimum absolute atomic E-state index is 0.00380. The first kappa shape index (κ1) is 22.4. The number of unbranched alkanes of at least 4 members (excludes halogenated alkanes) is 2. The van der Waals surface area contributed by atoms with Gasteiger partial charge in [-0.15, -0.1) is 0 Å². The number of rotatable bonds is 11. The number of aliphatic hydroxyl groups excluding tert-OH is 2.